The summed E-state index contributed by atoms with van der Waals surface area (Å²) in [5.41, 5.74) is 1.22. The quantitative estimate of drug-likeness (QED) is 0.812. The number of amides is 1. The zero-order valence-electron chi connectivity index (χ0n) is 13.6. The molecule has 0 radical (unpaired) electrons. The smallest absolute Gasteiger partial charge is 0.277 e. The maximum atomic E-state index is 12.1. The standard InChI is InChI=1S/C17H18N4O2S/c1-11-3-5-12(6-4-11)15-20-21-16(23-15)24-9-14(22)19-17(2,10-18)13-7-8-13/h3-6,13H,7-9H2,1-2H3,(H,19,22)/t17-/m0/s1. The Kier molecular flexibility index (Phi) is 4.58. The van der Waals surface area contributed by atoms with E-state index in [1.807, 2.05) is 31.2 Å². The predicted octanol–water partition coefficient (Wildman–Crippen LogP) is 2.95. The Labute approximate surface area is 144 Å². The van der Waals surface area contributed by atoms with Crippen molar-refractivity contribution in [3.8, 4) is 17.5 Å². The Morgan fingerprint density at radius 3 is 2.75 bits per heavy atom. The molecule has 1 amide bonds. The van der Waals surface area contributed by atoms with Crippen LogP contribution in [0.25, 0.3) is 11.5 Å². The SMILES string of the molecule is Cc1ccc(-c2nnc(SCC(=O)N[C@@](C)(C#N)C3CC3)o2)cc1. The summed E-state index contributed by atoms with van der Waals surface area (Å²) >= 11 is 1.17. The summed E-state index contributed by atoms with van der Waals surface area (Å²) in [6, 6.07) is 9.98. The van der Waals surface area contributed by atoms with Crippen molar-refractivity contribution >= 4 is 17.7 Å². The highest BCUT2D eigenvalue weighted by Gasteiger charge is 2.42. The number of carbonyl (C=O) groups is 1. The molecule has 7 heteroatoms. The van der Waals surface area contributed by atoms with Gasteiger partial charge in [0.1, 0.15) is 5.54 Å². The van der Waals surface area contributed by atoms with Crippen LogP contribution in [-0.2, 0) is 4.79 Å². The van der Waals surface area contributed by atoms with Crippen LogP contribution >= 0.6 is 11.8 Å². The van der Waals surface area contributed by atoms with E-state index in [0.717, 1.165) is 24.0 Å². The van der Waals surface area contributed by atoms with Crippen molar-refractivity contribution in [1.82, 2.24) is 15.5 Å². The van der Waals surface area contributed by atoms with Gasteiger partial charge in [0.05, 0.1) is 11.8 Å². The summed E-state index contributed by atoms with van der Waals surface area (Å²) in [6.07, 6.45) is 1.97. The van der Waals surface area contributed by atoms with Gasteiger partial charge in [0.15, 0.2) is 0 Å². The van der Waals surface area contributed by atoms with Crippen molar-refractivity contribution in [2.24, 2.45) is 5.92 Å². The summed E-state index contributed by atoms with van der Waals surface area (Å²) in [4.78, 5) is 12.1. The lowest BCUT2D eigenvalue weighted by atomic mass is 9.98. The molecule has 0 aliphatic heterocycles. The molecule has 124 valence electrons. The Balaban J connectivity index is 1.56. The third-order valence-electron chi connectivity index (χ3n) is 4.06. The molecular formula is C17H18N4O2S. The van der Waals surface area contributed by atoms with Crippen LogP contribution in [0.5, 0.6) is 0 Å². The molecule has 6 nitrogen and oxygen atoms in total. The molecule has 1 aromatic heterocycles. The molecule has 3 rings (SSSR count). The number of nitriles is 1. The van der Waals surface area contributed by atoms with Gasteiger partial charge in [-0.3, -0.25) is 4.79 Å². The lowest BCUT2D eigenvalue weighted by molar-refractivity contribution is -0.119. The van der Waals surface area contributed by atoms with Crippen LogP contribution < -0.4 is 5.32 Å². The van der Waals surface area contributed by atoms with E-state index < -0.39 is 5.54 Å². The number of hydrogen-bond acceptors (Lipinski definition) is 6. The van der Waals surface area contributed by atoms with Crippen molar-refractivity contribution in [2.45, 2.75) is 37.5 Å². The van der Waals surface area contributed by atoms with Crippen LogP contribution in [0.2, 0.25) is 0 Å². The molecule has 1 N–H and O–H groups in total. The molecule has 1 aliphatic rings. The van der Waals surface area contributed by atoms with Gasteiger partial charge in [-0.05, 0) is 44.7 Å². The fourth-order valence-electron chi connectivity index (χ4n) is 2.42. The highest BCUT2D eigenvalue weighted by Crippen LogP contribution is 2.39. The van der Waals surface area contributed by atoms with Gasteiger partial charge in [-0.25, -0.2) is 0 Å². The number of nitrogens with one attached hydrogen (secondary N) is 1. The molecule has 24 heavy (non-hydrogen) atoms. The van der Waals surface area contributed by atoms with Crippen LogP contribution in [-0.4, -0.2) is 27.4 Å². The molecule has 1 aliphatic carbocycles. The van der Waals surface area contributed by atoms with Crippen molar-refractivity contribution < 1.29 is 9.21 Å². The van der Waals surface area contributed by atoms with Gasteiger partial charge in [0.25, 0.3) is 5.22 Å². The number of hydrogen-bond donors (Lipinski definition) is 1. The first-order valence-electron chi connectivity index (χ1n) is 7.76. The second-order valence-corrected chi connectivity index (χ2v) is 7.09. The maximum absolute atomic E-state index is 12.1. The van der Waals surface area contributed by atoms with Gasteiger partial charge in [-0.1, -0.05) is 29.5 Å². The number of benzene rings is 1. The maximum Gasteiger partial charge on any atom is 0.277 e. The van der Waals surface area contributed by atoms with Crippen molar-refractivity contribution in [1.29, 1.82) is 5.26 Å². The number of thioether (sulfide) groups is 1. The van der Waals surface area contributed by atoms with Gasteiger partial charge in [0, 0.05) is 5.56 Å². The summed E-state index contributed by atoms with van der Waals surface area (Å²) in [5, 5.41) is 20.4. The molecule has 1 atom stereocenters. The minimum atomic E-state index is -0.778. The Hall–Kier alpha value is -2.33. The van der Waals surface area contributed by atoms with E-state index in [1.54, 1.807) is 6.92 Å². The molecule has 2 aromatic rings. The van der Waals surface area contributed by atoms with E-state index >= 15 is 0 Å². The lowest BCUT2D eigenvalue weighted by Crippen LogP contribution is -2.47. The topological polar surface area (TPSA) is 91.8 Å². The van der Waals surface area contributed by atoms with E-state index in [-0.39, 0.29) is 17.6 Å². The van der Waals surface area contributed by atoms with E-state index in [4.69, 9.17) is 4.42 Å². The minimum Gasteiger partial charge on any atom is -0.411 e. The molecule has 1 aromatic carbocycles. The zero-order chi connectivity index (χ0) is 17.2. The van der Waals surface area contributed by atoms with E-state index in [0.29, 0.717) is 11.1 Å². The second-order valence-electron chi connectivity index (χ2n) is 6.16. The highest BCUT2D eigenvalue weighted by atomic mass is 32.2. The van der Waals surface area contributed by atoms with Gasteiger partial charge in [0.2, 0.25) is 11.8 Å². The molecule has 0 bridgehead atoms. The first-order valence-corrected chi connectivity index (χ1v) is 8.74. The Morgan fingerprint density at radius 1 is 1.42 bits per heavy atom. The molecule has 1 saturated carbocycles. The van der Waals surface area contributed by atoms with Crippen molar-refractivity contribution in [3.05, 3.63) is 29.8 Å². The van der Waals surface area contributed by atoms with Crippen LogP contribution in [0.4, 0.5) is 0 Å². The molecular weight excluding hydrogens is 324 g/mol. The molecule has 1 heterocycles. The van der Waals surface area contributed by atoms with E-state index in [2.05, 4.69) is 21.6 Å². The summed E-state index contributed by atoms with van der Waals surface area (Å²) < 4.78 is 5.57. The van der Waals surface area contributed by atoms with Crippen LogP contribution in [0.15, 0.2) is 33.9 Å². The molecule has 0 unspecified atom stereocenters. The van der Waals surface area contributed by atoms with E-state index in [1.165, 1.54) is 11.8 Å². The zero-order valence-corrected chi connectivity index (χ0v) is 14.4. The number of aromatic nitrogens is 2. The van der Waals surface area contributed by atoms with Gasteiger partial charge in [-0.2, -0.15) is 5.26 Å². The fraction of sp³-hybridized carbons (Fsp3) is 0.412. The molecule has 0 spiro atoms. The first-order chi connectivity index (χ1) is 11.5. The fourth-order valence-corrected chi connectivity index (χ4v) is 2.98. The summed E-state index contributed by atoms with van der Waals surface area (Å²) in [7, 11) is 0. The summed E-state index contributed by atoms with van der Waals surface area (Å²) in [5.74, 6) is 0.622. The van der Waals surface area contributed by atoms with Gasteiger partial charge >= 0.3 is 0 Å². The summed E-state index contributed by atoms with van der Waals surface area (Å²) in [6.45, 7) is 3.78. The number of aryl methyl sites for hydroxylation is 1. The van der Waals surface area contributed by atoms with Crippen LogP contribution in [0.3, 0.4) is 0 Å². The Morgan fingerprint density at radius 2 is 2.12 bits per heavy atom. The van der Waals surface area contributed by atoms with E-state index in [9.17, 15) is 10.1 Å². The third-order valence-corrected chi connectivity index (χ3v) is 4.88. The van der Waals surface area contributed by atoms with Gasteiger partial charge < -0.3 is 9.73 Å². The highest BCUT2D eigenvalue weighted by molar-refractivity contribution is 7.99. The van der Waals surface area contributed by atoms with Gasteiger partial charge in [-0.15, -0.1) is 10.2 Å². The number of carbonyl (C=O) groups excluding carboxylic acids is 1. The Bertz CT molecular complexity index is 777. The monoisotopic (exact) mass is 342 g/mol. The number of rotatable bonds is 6. The average molecular weight is 342 g/mol. The van der Waals surface area contributed by atoms with Crippen LogP contribution in [0.1, 0.15) is 25.3 Å². The van der Waals surface area contributed by atoms with Crippen molar-refractivity contribution in [3.63, 3.8) is 0 Å². The lowest BCUT2D eigenvalue weighted by Gasteiger charge is -2.22. The minimum absolute atomic E-state index is 0.138. The first kappa shape index (κ1) is 16.5. The van der Waals surface area contributed by atoms with Crippen LogP contribution in [0, 0.1) is 24.2 Å². The molecule has 0 saturated heterocycles. The second kappa shape index (κ2) is 6.65. The predicted molar refractivity (Wildman–Crippen MR) is 90.1 cm³/mol. The van der Waals surface area contributed by atoms with Crippen molar-refractivity contribution in [2.75, 3.05) is 5.75 Å². The average Bonchev–Trinajstić information content (AvgIpc) is 3.33. The molecule has 1 fully saturated rings. The normalized spacial score (nSPS) is 16.2. The largest absolute Gasteiger partial charge is 0.411 e. The third kappa shape index (κ3) is 3.77. The number of nitrogens with zero attached hydrogens (tertiary/aromatic N) is 3.